The van der Waals surface area contributed by atoms with Crippen LogP contribution in [0.2, 0.25) is 0 Å². The second-order valence-corrected chi connectivity index (χ2v) is 4.44. The first-order valence-corrected chi connectivity index (χ1v) is 5.94. The first-order valence-electron chi connectivity index (χ1n) is 5.94. The molecule has 2 N–H and O–H groups in total. The number of phenols is 1. The zero-order chi connectivity index (χ0) is 13.8. The van der Waals surface area contributed by atoms with Crippen molar-refractivity contribution >= 4 is 17.3 Å². The standard InChI is InChI=1S/C15H16N2O2/c1-17(2)13-7-3-11(4-8-13)15(19)16-12-5-9-14(18)10-6-12/h3-10,18H,1-2H3,(H,16,19). The zero-order valence-electron chi connectivity index (χ0n) is 10.9. The molecule has 0 unspecified atom stereocenters. The van der Waals surface area contributed by atoms with E-state index in [4.69, 9.17) is 0 Å². The van der Waals surface area contributed by atoms with Gasteiger partial charge in [-0.25, -0.2) is 0 Å². The molecule has 0 aliphatic rings. The molecule has 4 heteroatoms. The molecule has 1 amide bonds. The summed E-state index contributed by atoms with van der Waals surface area (Å²) >= 11 is 0. The van der Waals surface area contributed by atoms with Crippen LogP contribution in [0.3, 0.4) is 0 Å². The van der Waals surface area contributed by atoms with E-state index in [9.17, 15) is 9.90 Å². The highest BCUT2D eigenvalue weighted by molar-refractivity contribution is 6.04. The number of nitrogens with one attached hydrogen (secondary N) is 1. The Labute approximate surface area is 112 Å². The van der Waals surface area contributed by atoms with Gasteiger partial charge < -0.3 is 15.3 Å². The Kier molecular flexibility index (Phi) is 3.71. The van der Waals surface area contributed by atoms with E-state index in [0.717, 1.165) is 5.69 Å². The largest absolute Gasteiger partial charge is 0.508 e. The van der Waals surface area contributed by atoms with Crippen molar-refractivity contribution in [2.45, 2.75) is 0 Å². The van der Waals surface area contributed by atoms with Gasteiger partial charge in [0.05, 0.1) is 0 Å². The van der Waals surface area contributed by atoms with Crippen LogP contribution < -0.4 is 10.2 Å². The van der Waals surface area contributed by atoms with Gasteiger partial charge in [-0.05, 0) is 48.5 Å². The minimum Gasteiger partial charge on any atom is -0.508 e. The Bertz CT molecular complexity index is 560. The van der Waals surface area contributed by atoms with Gasteiger partial charge in [-0.15, -0.1) is 0 Å². The summed E-state index contributed by atoms with van der Waals surface area (Å²) in [6.07, 6.45) is 0. The third kappa shape index (κ3) is 3.25. The van der Waals surface area contributed by atoms with Crippen LogP contribution in [0.4, 0.5) is 11.4 Å². The fraction of sp³-hybridized carbons (Fsp3) is 0.133. The van der Waals surface area contributed by atoms with Crippen LogP contribution in [0.25, 0.3) is 0 Å². The molecule has 0 saturated heterocycles. The second-order valence-electron chi connectivity index (χ2n) is 4.44. The van der Waals surface area contributed by atoms with Crippen LogP contribution in [0.5, 0.6) is 5.75 Å². The molecule has 2 aromatic rings. The average Bonchev–Trinajstić information content (AvgIpc) is 2.41. The van der Waals surface area contributed by atoms with E-state index in [0.29, 0.717) is 11.3 Å². The predicted molar refractivity (Wildman–Crippen MR) is 76.8 cm³/mol. The average molecular weight is 256 g/mol. The lowest BCUT2D eigenvalue weighted by atomic mass is 10.2. The monoisotopic (exact) mass is 256 g/mol. The number of anilines is 2. The summed E-state index contributed by atoms with van der Waals surface area (Å²) in [6, 6.07) is 13.7. The van der Waals surface area contributed by atoms with Gasteiger partial charge in [0.2, 0.25) is 0 Å². The summed E-state index contributed by atoms with van der Waals surface area (Å²) in [4.78, 5) is 14.0. The lowest BCUT2D eigenvalue weighted by Crippen LogP contribution is -2.13. The van der Waals surface area contributed by atoms with Crippen LogP contribution in [0.1, 0.15) is 10.4 Å². The van der Waals surface area contributed by atoms with E-state index in [1.165, 1.54) is 12.1 Å². The number of carbonyl (C=O) groups excluding carboxylic acids is 1. The summed E-state index contributed by atoms with van der Waals surface area (Å²) in [5.41, 5.74) is 2.29. The Morgan fingerprint density at radius 3 is 2.11 bits per heavy atom. The highest BCUT2D eigenvalue weighted by Crippen LogP contribution is 2.16. The SMILES string of the molecule is CN(C)c1ccc(C(=O)Nc2ccc(O)cc2)cc1. The van der Waals surface area contributed by atoms with E-state index in [1.54, 1.807) is 24.3 Å². The van der Waals surface area contributed by atoms with Gasteiger partial charge in [-0.2, -0.15) is 0 Å². The number of amides is 1. The smallest absolute Gasteiger partial charge is 0.255 e. The van der Waals surface area contributed by atoms with Gasteiger partial charge >= 0.3 is 0 Å². The first-order chi connectivity index (χ1) is 9.06. The minimum atomic E-state index is -0.170. The molecule has 0 aliphatic carbocycles. The summed E-state index contributed by atoms with van der Waals surface area (Å²) < 4.78 is 0. The first kappa shape index (κ1) is 13.0. The van der Waals surface area contributed by atoms with Gasteiger partial charge in [-0.1, -0.05) is 0 Å². The maximum absolute atomic E-state index is 12.0. The Hall–Kier alpha value is -2.49. The second kappa shape index (κ2) is 5.44. The molecular formula is C15H16N2O2. The van der Waals surface area contributed by atoms with Crippen molar-refractivity contribution in [3.8, 4) is 5.75 Å². The molecule has 0 saturated carbocycles. The topological polar surface area (TPSA) is 52.6 Å². The molecule has 0 bridgehead atoms. The highest BCUT2D eigenvalue weighted by Gasteiger charge is 2.06. The number of rotatable bonds is 3. The molecule has 4 nitrogen and oxygen atoms in total. The molecule has 0 atom stereocenters. The summed E-state index contributed by atoms with van der Waals surface area (Å²) in [5, 5.41) is 11.9. The van der Waals surface area contributed by atoms with Crippen LogP contribution >= 0.6 is 0 Å². The lowest BCUT2D eigenvalue weighted by Gasteiger charge is -2.12. The molecule has 0 heterocycles. The molecule has 98 valence electrons. The Morgan fingerprint density at radius 1 is 1.00 bits per heavy atom. The molecule has 2 rings (SSSR count). The fourth-order valence-corrected chi connectivity index (χ4v) is 1.66. The maximum atomic E-state index is 12.0. The third-order valence-corrected chi connectivity index (χ3v) is 2.77. The fourth-order valence-electron chi connectivity index (χ4n) is 1.66. The highest BCUT2D eigenvalue weighted by atomic mass is 16.3. The van der Waals surface area contributed by atoms with Crippen LogP contribution in [0, 0.1) is 0 Å². The van der Waals surface area contributed by atoms with Crippen molar-refractivity contribution < 1.29 is 9.90 Å². The van der Waals surface area contributed by atoms with E-state index in [2.05, 4.69) is 5.32 Å². The number of phenolic OH excluding ortho intramolecular Hbond substituents is 1. The van der Waals surface area contributed by atoms with Crippen LogP contribution in [-0.2, 0) is 0 Å². The molecule has 0 spiro atoms. The number of benzene rings is 2. The Balaban J connectivity index is 2.09. The van der Waals surface area contributed by atoms with Crippen molar-refractivity contribution in [1.82, 2.24) is 0 Å². The van der Waals surface area contributed by atoms with Crippen molar-refractivity contribution in [2.75, 3.05) is 24.3 Å². The number of carbonyl (C=O) groups is 1. The van der Waals surface area contributed by atoms with Gasteiger partial charge in [0.1, 0.15) is 5.75 Å². The predicted octanol–water partition coefficient (Wildman–Crippen LogP) is 2.71. The molecule has 0 fully saturated rings. The molecule has 0 radical (unpaired) electrons. The normalized spacial score (nSPS) is 10.0. The molecular weight excluding hydrogens is 240 g/mol. The van der Waals surface area contributed by atoms with E-state index >= 15 is 0 Å². The lowest BCUT2D eigenvalue weighted by molar-refractivity contribution is 0.102. The number of hydrogen-bond acceptors (Lipinski definition) is 3. The van der Waals surface area contributed by atoms with Crippen LogP contribution in [-0.4, -0.2) is 25.1 Å². The summed E-state index contributed by atoms with van der Waals surface area (Å²) in [5.74, 6) is 0.00401. The number of hydrogen-bond donors (Lipinski definition) is 2. The van der Waals surface area contributed by atoms with Gasteiger partial charge in [0.25, 0.3) is 5.91 Å². The summed E-state index contributed by atoms with van der Waals surface area (Å²) in [6.45, 7) is 0. The molecule has 0 aliphatic heterocycles. The van der Waals surface area contributed by atoms with E-state index in [-0.39, 0.29) is 11.7 Å². The Morgan fingerprint density at radius 2 is 1.58 bits per heavy atom. The van der Waals surface area contributed by atoms with Crippen molar-refractivity contribution in [3.63, 3.8) is 0 Å². The number of aromatic hydroxyl groups is 1. The van der Waals surface area contributed by atoms with Crippen molar-refractivity contribution in [3.05, 3.63) is 54.1 Å². The van der Waals surface area contributed by atoms with Crippen molar-refractivity contribution in [1.29, 1.82) is 0 Å². The van der Waals surface area contributed by atoms with Crippen LogP contribution in [0.15, 0.2) is 48.5 Å². The number of nitrogens with zero attached hydrogens (tertiary/aromatic N) is 1. The minimum absolute atomic E-state index is 0.170. The molecule has 2 aromatic carbocycles. The van der Waals surface area contributed by atoms with Gasteiger partial charge in [0, 0.05) is 31.0 Å². The zero-order valence-corrected chi connectivity index (χ0v) is 10.9. The van der Waals surface area contributed by atoms with Gasteiger partial charge in [0.15, 0.2) is 0 Å². The molecule has 19 heavy (non-hydrogen) atoms. The molecule has 0 aromatic heterocycles. The summed E-state index contributed by atoms with van der Waals surface area (Å²) in [7, 11) is 3.90. The third-order valence-electron chi connectivity index (χ3n) is 2.77. The van der Waals surface area contributed by atoms with Gasteiger partial charge in [-0.3, -0.25) is 4.79 Å². The maximum Gasteiger partial charge on any atom is 0.255 e. The quantitative estimate of drug-likeness (QED) is 0.830. The van der Waals surface area contributed by atoms with E-state index in [1.807, 2.05) is 31.1 Å². The van der Waals surface area contributed by atoms with E-state index < -0.39 is 0 Å². The van der Waals surface area contributed by atoms with Crippen molar-refractivity contribution in [2.24, 2.45) is 0 Å².